The number of piperidine rings is 1. The zero-order chi connectivity index (χ0) is 10.7. The van der Waals surface area contributed by atoms with Crippen LogP contribution < -0.4 is 0 Å². The van der Waals surface area contributed by atoms with E-state index in [0.717, 1.165) is 19.6 Å². The Morgan fingerprint density at radius 2 is 2.13 bits per heavy atom. The van der Waals surface area contributed by atoms with Crippen molar-refractivity contribution in [1.82, 2.24) is 4.90 Å². The molecule has 0 spiro atoms. The zero-order valence-electron chi connectivity index (χ0n) is 9.69. The SMILES string of the molecule is COCC1CCCN([C@@H]2CCC[C@H]2O)C1. The highest BCUT2D eigenvalue weighted by atomic mass is 16.5. The second-order valence-corrected chi connectivity index (χ2v) is 5.02. The van der Waals surface area contributed by atoms with Crippen molar-refractivity contribution < 1.29 is 9.84 Å². The number of aliphatic hydroxyl groups is 1. The monoisotopic (exact) mass is 213 g/mol. The first-order valence-electron chi connectivity index (χ1n) is 6.22. The van der Waals surface area contributed by atoms with Gasteiger partial charge in [-0.05, 0) is 44.6 Å². The minimum absolute atomic E-state index is 0.0775. The van der Waals surface area contributed by atoms with Gasteiger partial charge in [-0.15, -0.1) is 0 Å². The molecule has 1 N–H and O–H groups in total. The van der Waals surface area contributed by atoms with Crippen molar-refractivity contribution in [3.63, 3.8) is 0 Å². The Balaban J connectivity index is 1.86. The van der Waals surface area contributed by atoms with Crippen LogP contribution in [0, 0.1) is 5.92 Å². The molecule has 1 aliphatic carbocycles. The standard InChI is InChI=1S/C12H23NO2/c1-15-9-10-4-3-7-13(8-10)11-5-2-6-12(11)14/h10-12,14H,2-9H2,1H3/t10?,11-,12-/m1/s1. The summed E-state index contributed by atoms with van der Waals surface area (Å²) >= 11 is 0. The smallest absolute Gasteiger partial charge is 0.0695 e. The molecule has 0 aromatic rings. The quantitative estimate of drug-likeness (QED) is 0.766. The summed E-state index contributed by atoms with van der Waals surface area (Å²) in [5.74, 6) is 0.677. The minimum atomic E-state index is -0.0775. The molecule has 88 valence electrons. The van der Waals surface area contributed by atoms with E-state index in [1.165, 1.54) is 32.2 Å². The number of rotatable bonds is 3. The normalized spacial score (nSPS) is 38.4. The Labute approximate surface area is 92.4 Å². The van der Waals surface area contributed by atoms with Gasteiger partial charge in [-0.3, -0.25) is 4.90 Å². The summed E-state index contributed by atoms with van der Waals surface area (Å²) in [6.45, 7) is 3.16. The molecule has 1 saturated carbocycles. The first-order valence-corrected chi connectivity index (χ1v) is 6.22. The molecule has 2 aliphatic rings. The number of hydrogen-bond donors (Lipinski definition) is 1. The summed E-state index contributed by atoms with van der Waals surface area (Å²) in [7, 11) is 1.78. The van der Waals surface area contributed by atoms with Gasteiger partial charge in [-0.25, -0.2) is 0 Å². The Hall–Kier alpha value is -0.120. The van der Waals surface area contributed by atoms with Crippen LogP contribution in [0.25, 0.3) is 0 Å². The van der Waals surface area contributed by atoms with E-state index in [9.17, 15) is 5.11 Å². The number of methoxy groups -OCH3 is 1. The average Bonchev–Trinajstić information content (AvgIpc) is 2.65. The highest BCUT2D eigenvalue weighted by Crippen LogP contribution is 2.28. The molecule has 1 aliphatic heterocycles. The molecule has 2 fully saturated rings. The van der Waals surface area contributed by atoms with Crippen molar-refractivity contribution in [2.24, 2.45) is 5.92 Å². The summed E-state index contributed by atoms with van der Waals surface area (Å²) in [5, 5.41) is 9.88. The van der Waals surface area contributed by atoms with Crippen LogP contribution in [0.2, 0.25) is 0 Å². The predicted octanol–water partition coefficient (Wildman–Crippen LogP) is 1.26. The molecule has 0 aromatic carbocycles. The highest BCUT2D eigenvalue weighted by molar-refractivity contribution is 4.87. The van der Waals surface area contributed by atoms with Gasteiger partial charge in [0.25, 0.3) is 0 Å². The number of likely N-dealkylation sites (tertiary alicyclic amines) is 1. The van der Waals surface area contributed by atoms with Gasteiger partial charge >= 0.3 is 0 Å². The van der Waals surface area contributed by atoms with E-state index < -0.39 is 0 Å². The van der Waals surface area contributed by atoms with Crippen molar-refractivity contribution in [3.05, 3.63) is 0 Å². The van der Waals surface area contributed by atoms with Gasteiger partial charge in [0.15, 0.2) is 0 Å². The fourth-order valence-electron chi connectivity index (χ4n) is 3.12. The summed E-state index contributed by atoms with van der Waals surface area (Å²) in [6, 6.07) is 0.435. The first-order chi connectivity index (χ1) is 7.31. The number of hydrogen-bond acceptors (Lipinski definition) is 3. The number of ether oxygens (including phenoxy) is 1. The van der Waals surface area contributed by atoms with E-state index in [1.807, 2.05) is 0 Å². The molecule has 1 unspecified atom stereocenters. The fourth-order valence-corrected chi connectivity index (χ4v) is 3.12. The van der Waals surface area contributed by atoms with Crippen LogP contribution >= 0.6 is 0 Å². The van der Waals surface area contributed by atoms with Crippen molar-refractivity contribution in [1.29, 1.82) is 0 Å². The molecule has 0 amide bonds. The third-order valence-corrected chi connectivity index (χ3v) is 3.87. The zero-order valence-corrected chi connectivity index (χ0v) is 9.69. The second kappa shape index (κ2) is 5.28. The third-order valence-electron chi connectivity index (χ3n) is 3.87. The summed E-state index contributed by atoms with van der Waals surface area (Å²) < 4.78 is 5.23. The van der Waals surface area contributed by atoms with Crippen LogP contribution in [0.15, 0.2) is 0 Å². The van der Waals surface area contributed by atoms with Gasteiger partial charge in [0, 0.05) is 19.7 Å². The van der Waals surface area contributed by atoms with E-state index in [1.54, 1.807) is 7.11 Å². The lowest BCUT2D eigenvalue weighted by Gasteiger charge is -2.37. The molecule has 1 heterocycles. The van der Waals surface area contributed by atoms with Gasteiger partial charge in [0.2, 0.25) is 0 Å². The van der Waals surface area contributed by atoms with Gasteiger partial charge < -0.3 is 9.84 Å². The van der Waals surface area contributed by atoms with E-state index in [0.29, 0.717) is 12.0 Å². The van der Waals surface area contributed by atoms with E-state index >= 15 is 0 Å². The maximum Gasteiger partial charge on any atom is 0.0695 e. The van der Waals surface area contributed by atoms with Crippen molar-refractivity contribution in [2.45, 2.75) is 44.2 Å². The highest BCUT2D eigenvalue weighted by Gasteiger charge is 2.33. The fraction of sp³-hybridized carbons (Fsp3) is 1.00. The lowest BCUT2D eigenvalue weighted by atomic mass is 9.97. The molecule has 15 heavy (non-hydrogen) atoms. The average molecular weight is 213 g/mol. The lowest BCUT2D eigenvalue weighted by molar-refractivity contribution is 0.0247. The Morgan fingerprint density at radius 1 is 1.27 bits per heavy atom. The van der Waals surface area contributed by atoms with Crippen LogP contribution in [0.1, 0.15) is 32.1 Å². The van der Waals surface area contributed by atoms with Gasteiger partial charge in [0.05, 0.1) is 12.7 Å². The third kappa shape index (κ3) is 2.71. The van der Waals surface area contributed by atoms with Crippen molar-refractivity contribution in [2.75, 3.05) is 26.8 Å². The van der Waals surface area contributed by atoms with Crippen LogP contribution in [0.4, 0.5) is 0 Å². The van der Waals surface area contributed by atoms with Crippen molar-refractivity contribution >= 4 is 0 Å². The Morgan fingerprint density at radius 3 is 2.80 bits per heavy atom. The molecule has 3 nitrogen and oxygen atoms in total. The molecule has 1 saturated heterocycles. The van der Waals surface area contributed by atoms with E-state index in [4.69, 9.17) is 4.74 Å². The summed E-state index contributed by atoms with van der Waals surface area (Å²) in [5.41, 5.74) is 0. The number of aliphatic hydroxyl groups excluding tert-OH is 1. The minimum Gasteiger partial charge on any atom is -0.391 e. The maximum atomic E-state index is 9.88. The van der Waals surface area contributed by atoms with E-state index in [-0.39, 0.29) is 6.10 Å². The molecular weight excluding hydrogens is 190 g/mol. The molecular formula is C12H23NO2. The second-order valence-electron chi connectivity index (χ2n) is 5.02. The Bertz CT molecular complexity index is 196. The maximum absolute atomic E-state index is 9.88. The predicted molar refractivity (Wildman–Crippen MR) is 59.8 cm³/mol. The summed E-state index contributed by atoms with van der Waals surface area (Å²) in [6.07, 6.45) is 5.84. The van der Waals surface area contributed by atoms with Crippen LogP contribution in [0.3, 0.4) is 0 Å². The first kappa shape index (κ1) is 11.4. The van der Waals surface area contributed by atoms with Gasteiger partial charge in [-0.2, -0.15) is 0 Å². The van der Waals surface area contributed by atoms with Crippen LogP contribution in [-0.2, 0) is 4.74 Å². The molecule has 2 rings (SSSR count). The van der Waals surface area contributed by atoms with Gasteiger partial charge in [-0.1, -0.05) is 0 Å². The summed E-state index contributed by atoms with van der Waals surface area (Å²) in [4.78, 5) is 2.49. The topological polar surface area (TPSA) is 32.7 Å². The molecule has 0 aromatic heterocycles. The molecule has 3 atom stereocenters. The van der Waals surface area contributed by atoms with E-state index in [2.05, 4.69) is 4.90 Å². The lowest BCUT2D eigenvalue weighted by Crippen LogP contribution is -2.46. The van der Waals surface area contributed by atoms with Crippen molar-refractivity contribution in [3.8, 4) is 0 Å². The van der Waals surface area contributed by atoms with Gasteiger partial charge in [0.1, 0.15) is 0 Å². The molecule has 0 bridgehead atoms. The Kier molecular flexibility index (Phi) is 4.00. The molecule has 3 heteroatoms. The van der Waals surface area contributed by atoms with Crippen LogP contribution in [0.5, 0.6) is 0 Å². The van der Waals surface area contributed by atoms with Crippen LogP contribution in [-0.4, -0.2) is 49.0 Å². The number of nitrogens with zero attached hydrogens (tertiary/aromatic N) is 1. The molecule has 0 radical (unpaired) electrons. The largest absolute Gasteiger partial charge is 0.391 e.